The van der Waals surface area contributed by atoms with Crippen molar-refractivity contribution < 1.29 is 4.92 Å². The monoisotopic (exact) mass is 177 g/mol. The number of benzene rings is 1. The number of para-hydroxylation sites is 1. The first-order valence-electron chi connectivity index (χ1n) is 3.94. The standard InChI is InChI=1S/C10H11NO2/c1-7(2)9-6-4-5-8(3)10(9)11(12)13/h4-6H,1H2,2-3H3. The molecule has 1 aromatic rings. The molecule has 0 bridgehead atoms. The SMILES string of the molecule is C=C(C)c1cccc(C)c1[N+](=O)[O-]. The lowest BCUT2D eigenvalue weighted by Crippen LogP contribution is -1.95. The number of aryl methyl sites for hydroxylation is 1. The van der Waals surface area contributed by atoms with Crippen LogP contribution in [-0.2, 0) is 0 Å². The van der Waals surface area contributed by atoms with E-state index in [0.29, 0.717) is 11.1 Å². The van der Waals surface area contributed by atoms with Gasteiger partial charge >= 0.3 is 0 Å². The van der Waals surface area contributed by atoms with Crippen LogP contribution < -0.4 is 0 Å². The zero-order valence-corrected chi connectivity index (χ0v) is 7.70. The van der Waals surface area contributed by atoms with Crippen molar-refractivity contribution in [1.29, 1.82) is 0 Å². The van der Waals surface area contributed by atoms with Crippen LogP contribution in [-0.4, -0.2) is 4.92 Å². The third-order valence-electron chi connectivity index (χ3n) is 1.88. The van der Waals surface area contributed by atoms with E-state index in [2.05, 4.69) is 6.58 Å². The lowest BCUT2D eigenvalue weighted by molar-refractivity contribution is -0.385. The zero-order chi connectivity index (χ0) is 10.0. The molecule has 68 valence electrons. The van der Waals surface area contributed by atoms with Crippen molar-refractivity contribution in [2.75, 3.05) is 0 Å². The minimum Gasteiger partial charge on any atom is -0.258 e. The molecule has 0 aromatic heterocycles. The highest BCUT2D eigenvalue weighted by atomic mass is 16.6. The largest absolute Gasteiger partial charge is 0.279 e. The lowest BCUT2D eigenvalue weighted by atomic mass is 10.0. The first-order valence-corrected chi connectivity index (χ1v) is 3.94. The number of rotatable bonds is 2. The van der Waals surface area contributed by atoms with Crippen LogP contribution in [0.4, 0.5) is 5.69 Å². The van der Waals surface area contributed by atoms with Gasteiger partial charge in [-0.3, -0.25) is 10.1 Å². The van der Waals surface area contributed by atoms with Crippen molar-refractivity contribution in [3.8, 4) is 0 Å². The van der Waals surface area contributed by atoms with Crippen molar-refractivity contribution >= 4 is 11.3 Å². The lowest BCUT2D eigenvalue weighted by Gasteiger charge is -2.03. The molecule has 0 saturated carbocycles. The molecule has 0 atom stereocenters. The number of hydrogen-bond donors (Lipinski definition) is 0. The van der Waals surface area contributed by atoms with E-state index in [1.165, 1.54) is 0 Å². The van der Waals surface area contributed by atoms with Crippen LogP contribution in [0.5, 0.6) is 0 Å². The Kier molecular flexibility index (Phi) is 2.46. The molecule has 1 aromatic carbocycles. The van der Waals surface area contributed by atoms with Crippen molar-refractivity contribution in [2.24, 2.45) is 0 Å². The predicted molar refractivity (Wildman–Crippen MR) is 52.5 cm³/mol. The predicted octanol–water partition coefficient (Wildman–Crippen LogP) is 2.94. The number of hydrogen-bond acceptors (Lipinski definition) is 2. The molecule has 0 aliphatic heterocycles. The summed E-state index contributed by atoms with van der Waals surface area (Å²) in [5.41, 5.74) is 2.17. The molecule has 3 nitrogen and oxygen atoms in total. The summed E-state index contributed by atoms with van der Waals surface area (Å²) >= 11 is 0. The van der Waals surface area contributed by atoms with Gasteiger partial charge in [-0.2, -0.15) is 0 Å². The Morgan fingerprint density at radius 3 is 2.54 bits per heavy atom. The third kappa shape index (κ3) is 1.75. The molecule has 0 amide bonds. The molecular weight excluding hydrogens is 166 g/mol. The summed E-state index contributed by atoms with van der Waals surface area (Å²) in [6.45, 7) is 7.20. The summed E-state index contributed by atoms with van der Waals surface area (Å²) in [6.07, 6.45) is 0. The summed E-state index contributed by atoms with van der Waals surface area (Å²) < 4.78 is 0. The number of nitro benzene ring substituents is 1. The molecule has 0 heterocycles. The van der Waals surface area contributed by atoms with Gasteiger partial charge in [0.15, 0.2) is 0 Å². The van der Waals surface area contributed by atoms with E-state index in [1.807, 2.05) is 0 Å². The molecule has 0 spiro atoms. The fraction of sp³-hybridized carbons (Fsp3) is 0.200. The minimum absolute atomic E-state index is 0.162. The van der Waals surface area contributed by atoms with Crippen LogP contribution in [0.15, 0.2) is 24.8 Å². The van der Waals surface area contributed by atoms with E-state index in [1.54, 1.807) is 32.0 Å². The average Bonchev–Trinajstić information content (AvgIpc) is 2.02. The maximum Gasteiger partial charge on any atom is 0.279 e. The Morgan fingerprint density at radius 2 is 2.15 bits per heavy atom. The highest BCUT2D eigenvalue weighted by Gasteiger charge is 2.16. The zero-order valence-electron chi connectivity index (χ0n) is 7.70. The van der Waals surface area contributed by atoms with Crippen LogP contribution in [0, 0.1) is 17.0 Å². The van der Waals surface area contributed by atoms with Gasteiger partial charge in [-0.1, -0.05) is 18.7 Å². The molecule has 0 aliphatic rings. The Labute approximate surface area is 76.9 Å². The second-order valence-corrected chi connectivity index (χ2v) is 3.01. The Balaban J connectivity index is 3.43. The molecule has 0 N–H and O–H groups in total. The van der Waals surface area contributed by atoms with E-state index >= 15 is 0 Å². The van der Waals surface area contributed by atoms with E-state index in [-0.39, 0.29) is 10.6 Å². The quantitative estimate of drug-likeness (QED) is 0.515. The van der Waals surface area contributed by atoms with Gasteiger partial charge in [0.05, 0.1) is 10.5 Å². The van der Waals surface area contributed by atoms with Gasteiger partial charge in [-0.15, -0.1) is 0 Å². The maximum absolute atomic E-state index is 10.7. The number of nitro groups is 1. The van der Waals surface area contributed by atoms with Gasteiger partial charge in [0.25, 0.3) is 5.69 Å². The van der Waals surface area contributed by atoms with Gasteiger partial charge in [-0.05, 0) is 25.5 Å². The van der Waals surface area contributed by atoms with Crippen LogP contribution >= 0.6 is 0 Å². The normalized spacial score (nSPS) is 9.69. The van der Waals surface area contributed by atoms with Crippen LogP contribution in [0.2, 0.25) is 0 Å². The molecule has 0 saturated heterocycles. The number of allylic oxidation sites excluding steroid dienone is 1. The van der Waals surface area contributed by atoms with Gasteiger partial charge in [0.2, 0.25) is 0 Å². The van der Waals surface area contributed by atoms with E-state index in [9.17, 15) is 10.1 Å². The van der Waals surface area contributed by atoms with E-state index < -0.39 is 0 Å². The fourth-order valence-corrected chi connectivity index (χ4v) is 1.25. The highest BCUT2D eigenvalue weighted by Crippen LogP contribution is 2.27. The van der Waals surface area contributed by atoms with Gasteiger partial charge < -0.3 is 0 Å². The summed E-state index contributed by atoms with van der Waals surface area (Å²) in [5, 5.41) is 10.7. The minimum atomic E-state index is -0.362. The maximum atomic E-state index is 10.7. The van der Waals surface area contributed by atoms with Crippen molar-refractivity contribution in [2.45, 2.75) is 13.8 Å². The average molecular weight is 177 g/mol. The molecule has 0 unspecified atom stereocenters. The van der Waals surface area contributed by atoms with Gasteiger partial charge in [-0.25, -0.2) is 0 Å². The Bertz CT molecular complexity index is 369. The first-order chi connectivity index (χ1) is 6.04. The Morgan fingerprint density at radius 1 is 1.54 bits per heavy atom. The molecule has 0 fully saturated rings. The molecule has 0 aliphatic carbocycles. The fourth-order valence-electron chi connectivity index (χ4n) is 1.25. The smallest absolute Gasteiger partial charge is 0.258 e. The number of nitrogens with zero attached hydrogens (tertiary/aromatic N) is 1. The topological polar surface area (TPSA) is 43.1 Å². The summed E-state index contributed by atoms with van der Waals surface area (Å²) in [7, 11) is 0. The highest BCUT2D eigenvalue weighted by molar-refractivity contribution is 5.71. The van der Waals surface area contributed by atoms with Crippen LogP contribution in [0.25, 0.3) is 5.57 Å². The molecular formula is C10H11NO2. The van der Waals surface area contributed by atoms with Crippen LogP contribution in [0.1, 0.15) is 18.1 Å². The second-order valence-electron chi connectivity index (χ2n) is 3.01. The van der Waals surface area contributed by atoms with Crippen molar-refractivity contribution in [3.63, 3.8) is 0 Å². The molecule has 0 radical (unpaired) electrons. The molecule has 1 rings (SSSR count). The van der Waals surface area contributed by atoms with Crippen molar-refractivity contribution in [3.05, 3.63) is 46.0 Å². The summed E-state index contributed by atoms with van der Waals surface area (Å²) in [6, 6.07) is 5.24. The van der Waals surface area contributed by atoms with Crippen molar-refractivity contribution in [1.82, 2.24) is 0 Å². The summed E-state index contributed by atoms with van der Waals surface area (Å²) in [5.74, 6) is 0. The molecule has 3 heteroatoms. The van der Waals surface area contributed by atoms with E-state index in [0.717, 1.165) is 5.57 Å². The van der Waals surface area contributed by atoms with E-state index in [4.69, 9.17) is 0 Å². The molecule has 13 heavy (non-hydrogen) atoms. The second kappa shape index (κ2) is 3.39. The third-order valence-corrected chi connectivity index (χ3v) is 1.88. The van der Waals surface area contributed by atoms with Gasteiger partial charge in [0, 0.05) is 5.56 Å². The first kappa shape index (κ1) is 9.45. The van der Waals surface area contributed by atoms with Crippen LogP contribution in [0.3, 0.4) is 0 Å². The van der Waals surface area contributed by atoms with Gasteiger partial charge in [0.1, 0.15) is 0 Å². The Hall–Kier alpha value is -1.64. The summed E-state index contributed by atoms with van der Waals surface area (Å²) in [4.78, 5) is 10.3.